The van der Waals surface area contributed by atoms with Gasteiger partial charge in [-0.3, -0.25) is 40.4 Å². The molecule has 2 aromatic rings. The van der Waals surface area contributed by atoms with Crippen molar-refractivity contribution in [2.24, 2.45) is 0 Å². The summed E-state index contributed by atoms with van der Waals surface area (Å²) >= 11 is 0. The van der Waals surface area contributed by atoms with Crippen LogP contribution >= 0.6 is 0 Å². The molecule has 0 aliphatic carbocycles. The van der Waals surface area contributed by atoms with Crippen molar-refractivity contribution >= 4 is 23.6 Å². The Morgan fingerprint density at radius 1 is 0.571 bits per heavy atom. The molecule has 0 saturated carbocycles. The number of para-hydroxylation sites is 2. The van der Waals surface area contributed by atoms with Crippen molar-refractivity contribution in [1.29, 1.82) is 0 Å². The molecule has 11 heteroatoms. The fourth-order valence-corrected chi connectivity index (χ4v) is 3.22. The SMILES string of the molecule is CC(=O)NC(COCC(NC(C)=O)(NC(C)=O)Oc1ccccc1)(NC(C)=O)Oc1ccccc1. The van der Waals surface area contributed by atoms with E-state index in [2.05, 4.69) is 21.3 Å². The largest absolute Gasteiger partial charge is 0.448 e. The van der Waals surface area contributed by atoms with E-state index in [0.717, 1.165) is 0 Å². The molecule has 0 radical (unpaired) electrons. The van der Waals surface area contributed by atoms with Crippen molar-refractivity contribution in [1.82, 2.24) is 21.3 Å². The lowest BCUT2D eigenvalue weighted by atomic mass is 10.3. The number of hydrogen-bond acceptors (Lipinski definition) is 7. The fourth-order valence-electron chi connectivity index (χ4n) is 3.22. The first kappa shape index (κ1) is 27.1. The van der Waals surface area contributed by atoms with E-state index in [4.69, 9.17) is 14.2 Å². The molecular formula is C24H30N4O7. The van der Waals surface area contributed by atoms with Crippen LogP contribution in [0.4, 0.5) is 0 Å². The molecule has 2 rings (SSSR count). The van der Waals surface area contributed by atoms with Crippen molar-refractivity contribution in [3.63, 3.8) is 0 Å². The maximum Gasteiger partial charge on any atom is 0.287 e. The first-order chi connectivity index (χ1) is 16.5. The van der Waals surface area contributed by atoms with Gasteiger partial charge < -0.3 is 14.2 Å². The number of hydrogen-bond donors (Lipinski definition) is 4. The van der Waals surface area contributed by atoms with E-state index in [1.807, 2.05) is 0 Å². The van der Waals surface area contributed by atoms with E-state index in [1.54, 1.807) is 60.7 Å². The van der Waals surface area contributed by atoms with Gasteiger partial charge in [0.2, 0.25) is 23.6 Å². The summed E-state index contributed by atoms with van der Waals surface area (Å²) in [4.78, 5) is 47.9. The molecule has 188 valence electrons. The summed E-state index contributed by atoms with van der Waals surface area (Å²) < 4.78 is 17.6. The molecule has 0 saturated heterocycles. The predicted molar refractivity (Wildman–Crippen MR) is 126 cm³/mol. The van der Waals surface area contributed by atoms with Crippen LogP contribution in [0.15, 0.2) is 60.7 Å². The zero-order chi connectivity index (χ0) is 25.9. The van der Waals surface area contributed by atoms with Crippen LogP contribution in [-0.2, 0) is 23.9 Å². The molecule has 0 aromatic heterocycles. The second-order valence-corrected chi connectivity index (χ2v) is 7.70. The molecule has 35 heavy (non-hydrogen) atoms. The highest BCUT2D eigenvalue weighted by atomic mass is 16.6. The topological polar surface area (TPSA) is 144 Å². The Morgan fingerprint density at radius 3 is 1.11 bits per heavy atom. The lowest BCUT2D eigenvalue weighted by Gasteiger charge is -2.38. The summed E-state index contributed by atoms with van der Waals surface area (Å²) in [6.07, 6.45) is 0. The van der Waals surface area contributed by atoms with Crippen LogP contribution in [0, 0.1) is 0 Å². The van der Waals surface area contributed by atoms with E-state index in [1.165, 1.54) is 27.7 Å². The molecule has 11 nitrogen and oxygen atoms in total. The number of ether oxygens (including phenoxy) is 3. The first-order valence-electron chi connectivity index (χ1n) is 10.7. The minimum atomic E-state index is -1.80. The summed E-state index contributed by atoms with van der Waals surface area (Å²) in [5, 5.41) is 10.2. The monoisotopic (exact) mass is 486 g/mol. The number of rotatable bonds is 12. The molecule has 0 bridgehead atoms. The molecule has 0 aliphatic rings. The molecular weight excluding hydrogens is 456 g/mol. The van der Waals surface area contributed by atoms with Crippen molar-refractivity contribution < 1.29 is 33.4 Å². The molecule has 0 unspecified atom stereocenters. The number of benzene rings is 2. The third kappa shape index (κ3) is 9.33. The van der Waals surface area contributed by atoms with Gasteiger partial charge in [-0.1, -0.05) is 36.4 Å². The van der Waals surface area contributed by atoms with Crippen LogP contribution in [0.1, 0.15) is 27.7 Å². The molecule has 0 fully saturated rings. The Kier molecular flexibility index (Phi) is 9.59. The molecule has 2 aromatic carbocycles. The van der Waals surface area contributed by atoms with E-state index in [-0.39, 0.29) is 0 Å². The first-order valence-corrected chi connectivity index (χ1v) is 10.7. The molecule has 0 aliphatic heterocycles. The average Bonchev–Trinajstić information content (AvgIpc) is 2.73. The quantitative estimate of drug-likeness (QED) is 0.328. The Bertz CT molecular complexity index is 902. The Hall–Kier alpha value is -4.12. The molecule has 0 atom stereocenters. The van der Waals surface area contributed by atoms with E-state index >= 15 is 0 Å². The van der Waals surface area contributed by atoms with E-state index in [9.17, 15) is 19.2 Å². The van der Waals surface area contributed by atoms with Crippen LogP contribution < -0.4 is 30.7 Å². The maximum atomic E-state index is 12.0. The highest BCUT2D eigenvalue weighted by Gasteiger charge is 2.40. The van der Waals surface area contributed by atoms with Crippen LogP contribution in [0.2, 0.25) is 0 Å². The van der Waals surface area contributed by atoms with Crippen LogP contribution in [0.3, 0.4) is 0 Å². The zero-order valence-electron chi connectivity index (χ0n) is 20.0. The fraction of sp³-hybridized carbons (Fsp3) is 0.333. The number of carbonyl (C=O) groups is 4. The zero-order valence-corrected chi connectivity index (χ0v) is 20.0. The van der Waals surface area contributed by atoms with E-state index < -0.39 is 48.5 Å². The smallest absolute Gasteiger partial charge is 0.287 e. The summed E-state index contributed by atoms with van der Waals surface area (Å²) in [5.41, 5.74) is 0. The second kappa shape index (κ2) is 12.4. The van der Waals surface area contributed by atoms with Crippen LogP contribution in [0.5, 0.6) is 11.5 Å². The molecule has 0 heterocycles. The summed E-state index contributed by atoms with van der Waals surface area (Å²) in [6, 6.07) is 17.0. The minimum Gasteiger partial charge on any atom is -0.448 e. The van der Waals surface area contributed by atoms with Gasteiger partial charge >= 0.3 is 0 Å². The summed E-state index contributed by atoms with van der Waals surface area (Å²) in [6.45, 7) is 4.18. The number of carbonyl (C=O) groups excluding carboxylic acids is 4. The van der Waals surface area contributed by atoms with Crippen molar-refractivity contribution in [3.8, 4) is 11.5 Å². The summed E-state index contributed by atoms with van der Waals surface area (Å²) in [5.74, 6) is -4.94. The van der Waals surface area contributed by atoms with Gasteiger partial charge in [0.15, 0.2) is 0 Å². The van der Waals surface area contributed by atoms with Gasteiger partial charge in [0.05, 0.1) is 0 Å². The van der Waals surface area contributed by atoms with Gasteiger partial charge in [0.1, 0.15) is 24.7 Å². The molecule has 4 N–H and O–H groups in total. The van der Waals surface area contributed by atoms with Gasteiger partial charge in [0, 0.05) is 27.7 Å². The van der Waals surface area contributed by atoms with Gasteiger partial charge in [-0.25, -0.2) is 0 Å². The highest BCUT2D eigenvalue weighted by Crippen LogP contribution is 2.18. The van der Waals surface area contributed by atoms with Gasteiger partial charge in [-0.2, -0.15) is 0 Å². The summed E-state index contributed by atoms with van der Waals surface area (Å²) in [7, 11) is 0. The number of nitrogens with one attached hydrogen (secondary N) is 4. The third-order valence-electron chi connectivity index (χ3n) is 4.19. The van der Waals surface area contributed by atoms with Crippen molar-refractivity contribution in [2.45, 2.75) is 39.4 Å². The molecule has 4 amide bonds. The van der Waals surface area contributed by atoms with Gasteiger partial charge in [-0.05, 0) is 24.3 Å². The van der Waals surface area contributed by atoms with Crippen molar-refractivity contribution in [3.05, 3.63) is 60.7 Å². The van der Waals surface area contributed by atoms with Crippen LogP contribution in [0.25, 0.3) is 0 Å². The maximum absolute atomic E-state index is 12.0. The lowest BCUT2D eigenvalue weighted by Crippen LogP contribution is -2.69. The normalized spacial score (nSPS) is 11.1. The Balaban J connectivity index is 2.34. The second-order valence-electron chi connectivity index (χ2n) is 7.70. The Morgan fingerprint density at radius 2 is 0.857 bits per heavy atom. The van der Waals surface area contributed by atoms with Gasteiger partial charge in [-0.15, -0.1) is 0 Å². The Labute approximate surface area is 203 Å². The highest BCUT2D eigenvalue weighted by molar-refractivity contribution is 5.78. The lowest BCUT2D eigenvalue weighted by molar-refractivity contribution is -0.153. The third-order valence-corrected chi connectivity index (χ3v) is 4.19. The van der Waals surface area contributed by atoms with Crippen LogP contribution in [-0.4, -0.2) is 48.5 Å². The average molecular weight is 487 g/mol. The number of amides is 4. The minimum absolute atomic E-state index is 0.342. The van der Waals surface area contributed by atoms with Crippen molar-refractivity contribution in [2.75, 3.05) is 13.2 Å². The predicted octanol–water partition coefficient (Wildman–Crippen LogP) is 1.01. The molecule has 0 spiro atoms. The van der Waals surface area contributed by atoms with E-state index in [0.29, 0.717) is 11.5 Å². The van der Waals surface area contributed by atoms with Gasteiger partial charge in [0.25, 0.3) is 11.7 Å². The standard InChI is InChI=1S/C24H30N4O7/c1-17(29)25-23(26-18(2)30,34-21-11-7-5-8-12-21)15-33-16-24(27-19(3)31,28-20(4)32)35-22-13-9-6-10-14-22/h5-14H,15-16H2,1-4H3,(H,25,29)(H,26,30)(H,27,31)(H,28,32).